The van der Waals surface area contributed by atoms with Gasteiger partial charge in [0.2, 0.25) is 5.89 Å². The maximum atomic E-state index is 13.7. The minimum Gasteiger partial charge on any atom is -0.421 e. The maximum Gasteiger partial charge on any atom is 0.250 e. The fourth-order valence-electron chi connectivity index (χ4n) is 1.96. The molecule has 0 spiro atoms. The summed E-state index contributed by atoms with van der Waals surface area (Å²) in [5.41, 5.74) is 0.481. The van der Waals surface area contributed by atoms with Gasteiger partial charge in [-0.05, 0) is 31.4 Å². The normalized spacial score (nSPS) is 14.8. The molecule has 106 valence electrons. The third-order valence-electron chi connectivity index (χ3n) is 3.29. The van der Waals surface area contributed by atoms with Crippen LogP contribution in [0.1, 0.15) is 24.3 Å². The van der Waals surface area contributed by atoms with Gasteiger partial charge < -0.3 is 9.73 Å². The van der Waals surface area contributed by atoms with Crippen LogP contribution < -0.4 is 5.32 Å². The molecular formula is C14H15F2N3O. The van der Waals surface area contributed by atoms with Crippen LogP contribution in [0.25, 0.3) is 11.5 Å². The molecule has 6 heteroatoms. The van der Waals surface area contributed by atoms with Crippen LogP contribution in [0.15, 0.2) is 16.5 Å². The molecule has 1 N–H and O–H groups in total. The smallest absolute Gasteiger partial charge is 0.250 e. The van der Waals surface area contributed by atoms with Gasteiger partial charge in [-0.1, -0.05) is 0 Å². The van der Waals surface area contributed by atoms with Crippen molar-refractivity contribution in [2.24, 2.45) is 0 Å². The molecule has 4 nitrogen and oxygen atoms in total. The second kappa shape index (κ2) is 5.28. The van der Waals surface area contributed by atoms with Crippen molar-refractivity contribution >= 4 is 0 Å². The van der Waals surface area contributed by atoms with Gasteiger partial charge in [-0.2, -0.15) is 0 Å². The molecule has 0 amide bonds. The predicted molar refractivity (Wildman–Crippen MR) is 69.1 cm³/mol. The van der Waals surface area contributed by atoms with Crippen LogP contribution >= 0.6 is 0 Å². The molecule has 1 aliphatic rings. The highest BCUT2D eigenvalue weighted by Gasteiger charge is 2.20. The van der Waals surface area contributed by atoms with Crippen LogP contribution in [0, 0.1) is 18.6 Å². The summed E-state index contributed by atoms with van der Waals surface area (Å²) in [6.45, 7) is 2.33. The molecule has 1 aliphatic carbocycles. The molecular weight excluding hydrogens is 264 g/mol. The molecule has 0 unspecified atom stereocenters. The van der Waals surface area contributed by atoms with E-state index in [2.05, 4.69) is 15.5 Å². The Hall–Kier alpha value is -1.82. The summed E-state index contributed by atoms with van der Waals surface area (Å²) in [6, 6.07) is 2.84. The Morgan fingerprint density at radius 2 is 2.05 bits per heavy atom. The van der Waals surface area contributed by atoms with Crippen molar-refractivity contribution in [3.63, 3.8) is 0 Å². The molecule has 0 radical (unpaired) electrons. The number of hydrogen-bond donors (Lipinski definition) is 1. The Kier molecular flexibility index (Phi) is 3.48. The molecule has 20 heavy (non-hydrogen) atoms. The summed E-state index contributed by atoms with van der Waals surface area (Å²) in [5, 5.41) is 11.0. The van der Waals surface area contributed by atoms with E-state index in [0.717, 1.165) is 12.6 Å². The Labute approximate surface area is 115 Å². The van der Waals surface area contributed by atoms with Crippen LogP contribution in [0.5, 0.6) is 0 Å². The molecule has 0 saturated heterocycles. The minimum atomic E-state index is -0.695. The molecule has 1 aromatic heterocycles. The highest BCUT2D eigenvalue weighted by Crippen LogP contribution is 2.24. The van der Waals surface area contributed by atoms with E-state index in [1.54, 1.807) is 6.92 Å². The molecule has 1 fully saturated rings. The van der Waals surface area contributed by atoms with Gasteiger partial charge in [0.05, 0.1) is 5.56 Å². The second-order valence-electron chi connectivity index (χ2n) is 5.06. The van der Waals surface area contributed by atoms with Gasteiger partial charge >= 0.3 is 0 Å². The van der Waals surface area contributed by atoms with Gasteiger partial charge in [0.25, 0.3) is 5.89 Å². The van der Waals surface area contributed by atoms with E-state index in [-0.39, 0.29) is 11.5 Å². The lowest BCUT2D eigenvalue weighted by Crippen LogP contribution is -2.19. The zero-order valence-electron chi connectivity index (χ0n) is 11.1. The maximum absolute atomic E-state index is 13.7. The quantitative estimate of drug-likeness (QED) is 0.914. The molecule has 1 heterocycles. The van der Waals surface area contributed by atoms with Crippen molar-refractivity contribution < 1.29 is 13.2 Å². The summed E-state index contributed by atoms with van der Waals surface area (Å²) >= 11 is 0. The van der Waals surface area contributed by atoms with Crippen LogP contribution in [-0.4, -0.2) is 22.8 Å². The van der Waals surface area contributed by atoms with E-state index >= 15 is 0 Å². The average molecular weight is 279 g/mol. The molecule has 0 atom stereocenters. The number of hydrogen-bond acceptors (Lipinski definition) is 4. The zero-order valence-corrected chi connectivity index (χ0v) is 11.1. The van der Waals surface area contributed by atoms with E-state index in [9.17, 15) is 8.78 Å². The highest BCUT2D eigenvalue weighted by molar-refractivity contribution is 5.55. The standard InChI is InChI=1S/C14H15F2N3O/c1-8-6-10(12(16)7-11(8)15)14-19-18-13(20-14)4-5-17-9-2-3-9/h6-7,9,17H,2-5H2,1H3. The van der Waals surface area contributed by atoms with Crippen LogP contribution in [0.3, 0.4) is 0 Å². The zero-order chi connectivity index (χ0) is 14.1. The van der Waals surface area contributed by atoms with Gasteiger partial charge in [0, 0.05) is 25.1 Å². The lowest BCUT2D eigenvalue weighted by atomic mass is 10.1. The van der Waals surface area contributed by atoms with Crippen molar-refractivity contribution in [3.05, 3.63) is 35.2 Å². The number of halogens is 2. The van der Waals surface area contributed by atoms with Crippen LogP contribution in [0.4, 0.5) is 8.78 Å². The number of aromatic nitrogens is 2. The van der Waals surface area contributed by atoms with Crippen LogP contribution in [0.2, 0.25) is 0 Å². The van der Waals surface area contributed by atoms with E-state index in [4.69, 9.17) is 4.42 Å². The Morgan fingerprint density at radius 3 is 2.80 bits per heavy atom. The van der Waals surface area contributed by atoms with Gasteiger partial charge in [0.1, 0.15) is 11.6 Å². The fourth-order valence-corrected chi connectivity index (χ4v) is 1.96. The lowest BCUT2D eigenvalue weighted by Gasteiger charge is -2.01. The number of rotatable bonds is 5. The number of aryl methyl sites for hydroxylation is 1. The molecule has 1 saturated carbocycles. The largest absolute Gasteiger partial charge is 0.421 e. The number of nitrogens with one attached hydrogen (secondary N) is 1. The molecule has 1 aromatic carbocycles. The van der Waals surface area contributed by atoms with Gasteiger partial charge in [-0.25, -0.2) is 8.78 Å². The third-order valence-corrected chi connectivity index (χ3v) is 3.29. The van der Waals surface area contributed by atoms with Gasteiger partial charge in [0.15, 0.2) is 0 Å². The highest BCUT2D eigenvalue weighted by atomic mass is 19.1. The van der Waals surface area contributed by atoms with E-state index in [0.29, 0.717) is 23.9 Å². The first-order valence-electron chi connectivity index (χ1n) is 6.65. The van der Waals surface area contributed by atoms with Gasteiger partial charge in [-0.15, -0.1) is 10.2 Å². The van der Waals surface area contributed by atoms with Crippen molar-refractivity contribution in [3.8, 4) is 11.5 Å². The van der Waals surface area contributed by atoms with Crippen molar-refractivity contribution in [2.45, 2.75) is 32.2 Å². The number of benzene rings is 1. The van der Waals surface area contributed by atoms with Crippen molar-refractivity contribution in [1.82, 2.24) is 15.5 Å². The first-order valence-corrected chi connectivity index (χ1v) is 6.65. The summed E-state index contributed by atoms with van der Waals surface area (Å²) in [5.74, 6) is -0.736. The molecule has 0 aliphatic heterocycles. The van der Waals surface area contributed by atoms with Crippen molar-refractivity contribution in [2.75, 3.05) is 6.54 Å². The average Bonchev–Trinajstić information content (AvgIpc) is 3.11. The summed E-state index contributed by atoms with van der Waals surface area (Å²) in [7, 11) is 0. The van der Waals surface area contributed by atoms with Gasteiger partial charge in [-0.3, -0.25) is 0 Å². The molecule has 0 bridgehead atoms. The first-order chi connectivity index (χ1) is 9.63. The van der Waals surface area contributed by atoms with Crippen molar-refractivity contribution in [1.29, 1.82) is 0 Å². The van der Waals surface area contributed by atoms with E-state index in [1.807, 2.05) is 0 Å². The summed E-state index contributed by atoms with van der Waals surface area (Å²) in [6.07, 6.45) is 3.04. The van der Waals surface area contributed by atoms with E-state index in [1.165, 1.54) is 18.9 Å². The Morgan fingerprint density at radius 1 is 1.25 bits per heavy atom. The topological polar surface area (TPSA) is 51.0 Å². The molecule has 3 rings (SSSR count). The summed E-state index contributed by atoms with van der Waals surface area (Å²) < 4.78 is 32.3. The predicted octanol–water partition coefficient (Wildman–Crippen LogP) is 2.62. The lowest BCUT2D eigenvalue weighted by molar-refractivity contribution is 0.489. The third kappa shape index (κ3) is 2.85. The number of nitrogens with zero attached hydrogens (tertiary/aromatic N) is 2. The first kappa shape index (κ1) is 13.2. The second-order valence-corrected chi connectivity index (χ2v) is 5.06. The van der Waals surface area contributed by atoms with E-state index < -0.39 is 11.6 Å². The fraction of sp³-hybridized carbons (Fsp3) is 0.429. The van der Waals surface area contributed by atoms with Crippen LogP contribution in [-0.2, 0) is 6.42 Å². The monoisotopic (exact) mass is 279 g/mol. The SMILES string of the molecule is Cc1cc(-c2nnc(CCNC3CC3)o2)c(F)cc1F. The molecule has 2 aromatic rings. The summed E-state index contributed by atoms with van der Waals surface area (Å²) in [4.78, 5) is 0. The Balaban J connectivity index is 1.73. The Bertz CT molecular complexity index is 623. The minimum absolute atomic E-state index is 0.0898.